The molecule has 174 valence electrons. The minimum atomic E-state index is -0.921. The van der Waals surface area contributed by atoms with Gasteiger partial charge in [-0.1, -0.05) is 72.8 Å². The van der Waals surface area contributed by atoms with Gasteiger partial charge in [0.15, 0.2) is 0 Å². The fourth-order valence-corrected chi connectivity index (χ4v) is 4.25. The van der Waals surface area contributed by atoms with Crippen LogP contribution in [0.3, 0.4) is 0 Å². The summed E-state index contributed by atoms with van der Waals surface area (Å²) in [6.07, 6.45) is 2.06. The maximum Gasteiger partial charge on any atom is 0.335 e. The molecule has 0 radical (unpaired) electrons. The second kappa shape index (κ2) is 11.8. The molecule has 4 heteroatoms. The van der Waals surface area contributed by atoms with E-state index in [1.165, 1.54) is 16.7 Å². The Morgan fingerprint density at radius 1 is 0.743 bits per heavy atom. The Morgan fingerprint density at radius 2 is 1.40 bits per heavy atom. The zero-order chi connectivity index (χ0) is 24.5. The summed E-state index contributed by atoms with van der Waals surface area (Å²) >= 11 is 0. The van der Waals surface area contributed by atoms with Crippen molar-refractivity contribution in [3.8, 4) is 17.2 Å². The number of carboxylic acids is 1. The third-order valence-corrected chi connectivity index (χ3v) is 6.05. The topological polar surface area (TPSA) is 64.3 Å². The molecule has 35 heavy (non-hydrogen) atoms. The minimum Gasteiger partial charge on any atom is -0.478 e. The second-order valence-corrected chi connectivity index (χ2v) is 8.69. The molecule has 4 aromatic carbocycles. The Morgan fingerprint density at radius 3 is 2.11 bits per heavy atom. The number of aromatic carboxylic acids is 1. The molecule has 0 fully saturated rings. The molecule has 0 bridgehead atoms. The van der Waals surface area contributed by atoms with Gasteiger partial charge in [0, 0.05) is 13.1 Å². The maximum absolute atomic E-state index is 11.4. The smallest absolute Gasteiger partial charge is 0.335 e. The summed E-state index contributed by atoms with van der Waals surface area (Å²) in [5, 5.41) is 18.4. The Labute approximate surface area is 206 Å². The van der Waals surface area contributed by atoms with Gasteiger partial charge >= 0.3 is 5.97 Å². The minimum absolute atomic E-state index is 0.288. The lowest BCUT2D eigenvalue weighted by molar-refractivity contribution is 0.0697. The fraction of sp³-hybridized carbons (Fsp3) is 0.161. The molecular formula is C31H28N2O2. The number of aryl methyl sites for hydroxylation is 1. The summed E-state index contributed by atoms with van der Waals surface area (Å²) in [5.41, 5.74) is 6.55. The molecule has 0 saturated heterocycles. The Hall–Kier alpha value is -4.20. The van der Waals surface area contributed by atoms with Gasteiger partial charge in [0.2, 0.25) is 0 Å². The molecule has 0 atom stereocenters. The van der Waals surface area contributed by atoms with E-state index in [2.05, 4.69) is 47.4 Å². The summed E-state index contributed by atoms with van der Waals surface area (Å²) in [6.45, 7) is 2.51. The zero-order valence-electron chi connectivity index (χ0n) is 19.6. The van der Waals surface area contributed by atoms with Crippen LogP contribution in [-0.2, 0) is 19.5 Å². The maximum atomic E-state index is 11.4. The van der Waals surface area contributed by atoms with Crippen molar-refractivity contribution in [2.24, 2.45) is 0 Å². The van der Waals surface area contributed by atoms with Crippen molar-refractivity contribution in [2.75, 3.05) is 6.54 Å². The third kappa shape index (κ3) is 6.89. The molecule has 4 rings (SSSR count). The summed E-state index contributed by atoms with van der Waals surface area (Å²) in [7, 11) is 0. The van der Waals surface area contributed by atoms with Gasteiger partial charge in [-0.2, -0.15) is 5.26 Å². The van der Waals surface area contributed by atoms with E-state index in [1.54, 1.807) is 18.2 Å². The highest BCUT2D eigenvalue weighted by molar-refractivity contribution is 5.89. The van der Waals surface area contributed by atoms with Gasteiger partial charge in [-0.05, 0) is 77.5 Å². The molecule has 0 aliphatic heterocycles. The highest BCUT2D eigenvalue weighted by Crippen LogP contribution is 2.23. The first-order valence-electron chi connectivity index (χ1n) is 11.8. The molecule has 0 aliphatic carbocycles. The van der Waals surface area contributed by atoms with Crippen molar-refractivity contribution in [3.63, 3.8) is 0 Å². The van der Waals surface area contributed by atoms with E-state index < -0.39 is 5.97 Å². The molecule has 0 amide bonds. The molecular weight excluding hydrogens is 432 g/mol. The summed E-state index contributed by atoms with van der Waals surface area (Å²) in [6, 6.07) is 35.9. The van der Waals surface area contributed by atoms with Crippen molar-refractivity contribution in [1.82, 2.24) is 4.90 Å². The summed E-state index contributed by atoms with van der Waals surface area (Å²) < 4.78 is 0. The highest BCUT2D eigenvalue weighted by Gasteiger charge is 2.10. The predicted octanol–water partition coefficient (Wildman–Crippen LogP) is 6.56. The van der Waals surface area contributed by atoms with Crippen LogP contribution in [0.25, 0.3) is 11.1 Å². The molecule has 0 heterocycles. The number of carbonyl (C=O) groups is 1. The first-order chi connectivity index (χ1) is 17.1. The molecule has 4 nitrogen and oxygen atoms in total. The fourth-order valence-electron chi connectivity index (χ4n) is 4.25. The number of hydrogen-bond donors (Lipinski definition) is 1. The SMILES string of the molecule is N#Cc1ccc(CN(CCCc2ccccc2)Cc2cccc(-c3cccc(C(=O)O)c3)c2)cc1. The van der Waals surface area contributed by atoms with E-state index in [4.69, 9.17) is 5.26 Å². The Kier molecular flexibility index (Phi) is 8.06. The monoisotopic (exact) mass is 460 g/mol. The molecule has 4 aromatic rings. The molecule has 1 N–H and O–H groups in total. The molecule has 0 aliphatic rings. The average molecular weight is 461 g/mol. The Balaban J connectivity index is 1.51. The highest BCUT2D eigenvalue weighted by atomic mass is 16.4. The zero-order valence-corrected chi connectivity index (χ0v) is 19.6. The number of nitrogens with zero attached hydrogens (tertiary/aromatic N) is 2. The second-order valence-electron chi connectivity index (χ2n) is 8.69. The van der Waals surface area contributed by atoms with Gasteiger partial charge in [0.1, 0.15) is 0 Å². The van der Waals surface area contributed by atoms with Crippen molar-refractivity contribution in [3.05, 3.63) is 131 Å². The lowest BCUT2D eigenvalue weighted by atomic mass is 10.0. The number of carboxylic acid groups (broad SMARTS) is 1. The van der Waals surface area contributed by atoms with Crippen LogP contribution in [0.4, 0.5) is 0 Å². The van der Waals surface area contributed by atoms with E-state index in [9.17, 15) is 9.90 Å². The largest absolute Gasteiger partial charge is 0.478 e. The van der Waals surface area contributed by atoms with Crippen molar-refractivity contribution in [2.45, 2.75) is 25.9 Å². The van der Waals surface area contributed by atoms with Crippen LogP contribution < -0.4 is 0 Å². The first kappa shape index (κ1) is 23.9. The van der Waals surface area contributed by atoms with E-state index in [-0.39, 0.29) is 5.56 Å². The van der Waals surface area contributed by atoms with Crippen LogP contribution in [-0.4, -0.2) is 22.5 Å². The predicted molar refractivity (Wildman–Crippen MR) is 139 cm³/mol. The van der Waals surface area contributed by atoms with Gasteiger partial charge in [-0.25, -0.2) is 4.79 Å². The first-order valence-corrected chi connectivity index (χ1v) is 11.8. The van der Waals surface area contributed by atoms with Crippen molar-refractivity contribution in [1.29, 1.82) is 5.26 Å². The van der Waals surface area contributed by atoms with E-state index >= 15 is 0 Å². The average Bonchev–Trinajstić information content (AvgIpc) is 2.90. The van der Waals surface area contributed by atoms with E-state index in [0.29, 0.717) is 5.56 Å². The number of nitriles is 1. The quantitative estimate of drug-likeness (QED) is 0.291. The molecule has 0 aromatic heterocycles. The van der Waals surface area contributed by atoms with Crippen LogP contribution in [0.1, 0.15) is 39.0 Å². The van der Waals surface area contributed by atoms with Crippen LogP contribution in [0.5, 0.6) is 0 Å². The summed E-state index contributed by atoms with van der Waals surface area (Å²) in [4.78, 5) is 13.8. The lowest BCUT2D eigenvalue weighted by Gasteiger charge is -2.23. The number of benzene rings is 4. The normalized spacial score (nSPS) is 10.7. The van der Waals surface area contributed by atoms with Crippen LogP contribution in [0, 0.1) is 11.3 Å². The van der Waals surface area contributed by atoms with Gasteiger partial charge in [-0.15, -0.1) is 0 Å². The van der Waals surface area contributed by atoms with Crippen molar-refractivity contribution >= 4 is 5.97 Å². The van der Waals surface area contributed by atoms with Crippen molar-refractivity contribution < 1.29 is 9.90 Å². The summed E-state index contributed by atoms with van der Waals surface area (Å²) in [5.74, 6) is -0.921. The van der Waals surface area contributed by atoms with Gasteiger partial charge < -0.3 is 5.11 Å². The van der Waals surface area contributed by atoms with Crippen LogP contribution in [0.15, 0.2) is 103 Å². The van der Waals surface area contributed by atoms with Gasteiger partial charge in [0.05, 0.1) is 17.2 Å². The van der Waals surface area contributed by atoms with Crippen LogP contribution in [0.2, 0.25) is 0 Å². The van der Waals surface area contributed by atoms with Crippen LogP contribution >= 0.6 is 0 Å². The van der Waals surface area contributed by atoms with Gasteiger partial charge in [0.25, 0.3) is 0 Å². The third-order valence-electron chi connectivity index (χ3n) is 6.05. The van der Waals surface area contributed by atoms with E-state index in [0.717, 1.165) is 43.6 Å². The Bertz CT molecular complexity index is 1310. The number of hydrogen-bond acceptors (Lipinski definition) is 3. The molecule has 0 unspecified atom stereocenters. The molecule has 0 spiro atoms. The molecule has 0 saturated carbocycles. The number of rotatable bonds is 10. The lowest BCUT2D eigenvalue weighted by Crippen LogP contribution is -2.24. The van der Waals surface area contributed by atoms with E-state index in [1.807, 2.05) is 48.5 Å². The van der Waals surface area contributed by atoms with Gasteiger partial charge in [-0.3, -0.25) is 4.90 Å². The standard InChI is InChI=1S/C31H28N2O2/c32-21-25-14-16-26(17-15-25)22-33(18-6-10-24-7-2-1-3-8-24)23-27-9-4-11-28(19-27)29-12-5-13-30(20-29)31(34)35/h1-5,7-9,11-17,19-20H,6,10,18,22-23H2,(H,34,35).